The lowest BCUT2D eigenvalue weighted by Gasteiger charge is -2.32. The second kappa shape index (κ2) is 9.55. The maximum Gasteiger partial charge on any atom is 0.234 e. The van der Waals surface area contributed by atoms with Crippen LogP contribution in [0.5, 0.6) is 0 Å². The summed E-state index contributed by atoms with van der Waals surface area (Å²) in [6, 6.07) is 12.9. The Morgan fingerprint density at radius 3 is 2.69 bits per heavy atom. The first-order valence-electron chi connectivity index (χ1n) is 10.2. The third-order valence-corrected chi connectivity index (χ3v) is 7.37. The molecule has 2 aromatic rings. The Morgan fingerprint density at radius 2 is 2.03 bits per heavy atom. The lowest BCUT2D eigenvalue weighted by molar-refractivity contribution is -0.116. The number of nitrogens with zero attached hydrogens (tertiary/aromatic N) is 1. The van der Waals surface area contributed by atoms with E-state index in [1.54, 1.807) is 24.3 Å². The van der Waals surface area contributed by atoms with Crippen molar-refractivity contribution in [3.63, 3.8) is 0 Å². The number of dihydropyridines is 1. The van der Waals surface area contributed by atoms with Crippen LogP contribution in [0.2, 0.25) is 0 Å². The van der Waals surface area contributed by atoms with Crippen LogP contribution < -0.4 is 10.6 Å². The maximum absolute atomic E-state index is 12.7. The van der Waals surface area contributed by atoms with Crippen molar-refractivity contribution < 1.29 is 14.4 Å². The number of anilines is 1. The molecular weight excluding hydrogens is 442 g/mol. The molecule has 8 heteroatoms. The zero-order valence-corrected chi connectivity index (χ0v) is 19.1. The van der Waals surface area contributed by atoms with Gasteiger partial charge >= 0.3 is 0 Å². The molecule has 32 heavy (non-hydrogen) atoms. The first-order chi connectivity index (χ1) is 15.5. The number of Topliss-reactive ketones (excluding diaryl/α,β-unsaturated/α-hetero) is 2. The summed E-state index contributed by atoms with van der Waals surface area (Å²) in [5, 5.41) is 18.6. The van der Waals surface area contributed by atoms with Crippen LogP contribution in [0.1, 0.15) is 47.3 Å². The van der Waals surface area contributed by atoms with Crippen molar-refractivity contribution in [1.29, 1.82) is 5.26 Å². The molecule has 1 amide bonds. The van der Waals surface area contributed by atoms with Crippen molar-refractivity contribution in [2.75, 3.05) is 11.1 Å². The molecule has 0 saturated heterocycles. The summed E-state index contributed by atoms with van der Waals surface area (Å²) in [5.41, 5.74) is 3.21. The van der Waals surface area contributed by atoms with Crippen LogP contribution in [0.25, 0.3) is 0 Å². The number of carbonyl (C=O) groups is 3. The summed E-state index contributed by atoms with van der Waals surface area (Å²) in [4.78, 5) is 37.6. The van der Waals surface area contributed by atoms with Gasteiger partial charge in [0.05, 0.1) is 28.3 Å². The number of hydrogen-bond acceptors (Lipinski definition) is 7. The average Bonchev–Trinajstić information content (AvgIpc) is 3.32. The third-order valence-electron chi connectivity index (χ3n) is 5.41. The molecular formula is C24H21N3O3S2. The number of allylic oxidation sites excluding steroid dienone is 3. The summed E-state index contributed by atoms with van der Waals surface area (Å²) in [6.45, 7) is 1.49. The largest absolute Gasteiger partial charge is 0.352 e. The first-order valence-corrected chi connectivity index (χ1v) is 12.1. The van der Waals surface area contributed by atoms with Gasteiger partial charge in [-0.2, -0.15) is 5.26 Å². The number of thioether (sulfide) groups is 1. The van der Waals surface area contributed by atoms with Gasteiger partial charge < -0.3 is 10.6 Å². The average molecular weight is 464 g/mol. The molecule has 6 nitrogen and oxygen atoms in total. The van der Waals surface area contributed by atoms with E-state index in [4.69, 9.17) is 0 Å². The highest BCUT2D eigenvalue weighted by Gasteiger charge is 2.37. The van der Waals surface area contributed by atoms with Crippen molar-refractivity contribution in [2.45, 2.75) is 32.1 Å². The van der Waals surface area contributed by atoms with E-state index in [1.165, 1.54) is 30.0 Å². The molecule has 1 aromatic heterocycles. The lowest BCUT2D eigenvalue weighted by Crippen LogP contribution is -2.31. The van der Waals surface area contributed by atoms with Crippen molar-refractivity contribution in [2.24, 2.45) is 0 Å². The number of ketones is 2. The van der Waals surface area contributed by atoms with E-state index < -0.39 is 0 Å². The van der Waals surface area contributed by atoms with Gasteiger partial charge in [0.2, 0.25) is 5.91 Å². The van der Waals surface area contributed by atoms with E-state index >= 15 is 0 Å². The van der Waals surface area contributed by atoms with Gasteiger partial charge in [-0.05, 0) is 55.5 Å². The molecule has 0 saturated carbocycles. The van der Waals surface area contributed by atoms with E-state index in [2.05, 4.69) is 16.7 Å². The normalized spacial score (nSPS) is 18.0. The van der Waals surface area contributed by atoms with E-state index in [0.29, 0.717) is 33.8 Å². The Kier molecular flexibility index (Phi) is 6.58. The number of amides is 1. The van der Waals surface area contributed by atoms with Crippen LogP contribution in [0, 0.1) is 11.3 Å². The van der Waals surface area contributed by atoms with Crippen LogP contribution in [0.4, 0.5) is 5.69 Å². The minimum absolute atomic E-state index is 0.0343. The number of nitrogens with one attached hydrogen (secondary N) is 2. The van der Waals surface area contributed by atoms with Crippen LogP contribution in [0.15, 0.2) is 63.7 Å². The number of hydrogen-bond donors (Lipinski definition) is 2. The quantitative estimate of drug-likeness (QED) is 0.600. The number of carbonyl (C=O) groups excluding carboxylic acids is 3. The molecule has 2 heterocycles. The molecule has 2 aliphatic rings. The van der Waals surface area contributed by atoms with Gasteiger partial charge in [0, 0.05) is 33.8 Å². The molecule has 0 bridgehead atoms. The van der Waals surface area contributed by atoms with E-state index in [9.17, 15) is 19.6 Å². The predicted molar refractivity (Wildman–Crippen MR) is 126 cm³/mol. The summed E-state index contributed by atoms with van der Waals surface area (Å²) in [7, 11) is 0. The number of nitriles is 1. The Hall–Kier alpha value is -3.15. The summed E-state index contributed by atoms with van der Waals surface area (Å²) in [6.07, 6.45) is 2.02. The minimum atomic E-state index is -0.381. The standard InChI is InChI=1S/C24H21N3O3S2/c1-14(28)15-7-9-16(10-8-15)26-21(30)13-32-24-17(12-25)22(20-6-3-11-31-20)23-18(27-24)4-2-5-19(23)29/h3,6-11,22,27H,2,4-5,13H2,1H3,(H,26,30)/t22-/m0/s1. The fraction of sp³-hybridized carbons (Fsp3) is 0.250. The van der Waals surface area contributed by atoms with Gasteiger partial charge in [-0.15, -0.1) is 11.3 Å². The molecule has 0 unspecified atom stereocenters. The fourth-order valence-corrected chi connectivity index (χ4v) is 5.61. The molecule has 4 rings (SSSR count). The fourth-order valence-electron chi connectivity index (χ4n) is 3.90. The number of thiophene rings is 1. The highest BCUT2D eigenvalue weighted by Crippen LogP contribution is 2.45. The topological polar surface area (TPSA) is 99.1 Å². The van der Waals surface area contributed by atoms with Crippen molar-refractivity contribution in [1.82, 2.24) is 5.32 Å². The van der Waals surface area contributed by atoms with E-state index in [0.717, 1.165) is 23.4 Å². The Labute approximate surface area is 194 Å². The molecule has 0 fully saturated rings. The second-order valence-corrected chi connectivity index (χ2v) is 9.53. The monoisotopic (exact) mass is 463 g/mol. The minimum Gasteiger partial charge on any atom is -0.352 e. The number of rotatable bonds is 6. The van der Waals surface area contributed by atoms with Gasteiger partial charge in [0.1, 0.15) is 0 Å². The molecule has 0 radical (unpaired) electrons. The predicted octanol–water partition coefficient (Wildman–Crippen LogP) is 4.75. The zero-order chi connectivity index (χ0) is 22.7. The Morgan fingerprint density at radius 1 is 1.25 bits per heavy atom. The summed E-state index contributed by atoms with van der Waals surface area (Å²) in [5.74, 6) is -0.443. The third kappa shape index (κ3) is 4.54. The molecule has 1 aliphatic carbocycles. The van der Waals surface area contributed by atoms with Crippen LogP contribution >= 0.6 is 23.1 Å². The van der Waals surface area contributed by atoms with Crippen molar-refractivity contribution in [3.8, 4) is 6.07 Å². The smallest absolute Gasteiger partial charge is 0.234 e. The van der Waals surface area contributed by atoms with Gasteiger partial charge in [-0.3, -0.25) is 14.4 Å². The van der Waals surface area contributed by atoms with Crippen molar-refractivity contribution in [3.05, 3.63) is 74.1 Å². The second-order valence-electron chi connectivity index (χ2n) is 7.57. The maximum atomic E-state index is 12.7. The van der Waals surface area contributed by atoms with E-state index in [-0.39, 0.29) is 29.1 Å². The van der Waals surface area contributed by atoms with Crippen molar-refractivity contribution >= 4 is 46.3 Å². The molecule has 2 N–H and O–H groups in total. The Bertz CT molecular complexity index is 1170. The van der Waals surface area contributed by atoms with Gasteiger partial charge in [0.25, 0.3) is 0 Å². The first kappa shape index (κ1) is 22.1. The molecule has 162 valence electrons. The van der Waals surface area contributed by atoms with Crippen LogP contribution in [-0.4, -0.2) is 23.2 Å². The van der Waals surface area contributed by atoms with Gasteiger partial charge in [-0.25, -0.2) is 0 Å². The van der Waals surface area contributed by atoms with Crippen LogP contribution in [0.3, 0.4) is 0 Å². The summed E-state index contributed by atoms with van der Waals surface area (Å²) < 4.78 is 0. The zero-order valence-electron chi connectivity index (χ0n) is 17.4. The van der Waals surface area contributed by atoms with Crippen LogP contribution in [-0.2, 0) is 9.59 Å². The van der Waals surface area contributed by atoms with Gasteiger partial charge in [0.15, 0.2) is 11.6 Å². The Balaban J connectivity index is 1.52. The summed E-state index contributed by atoms with van der Waals surface area (Å²) >= 11 is 2.79. The molecule has 0 spiro atoms. The SMILES string of the molecule is CC(=O)c1ccc(NC(=O)CSC2=C(C#N)[C@@H](c3cccs3)C3=C(CCCC3=O)N2)cc1. The van der Waals surface area contributed by atoms with E-state index in [1.807, 2.05) is 17.5 Å². The van der Waals surface area contributed by atoms with Gasteiger partial charge in [-0.1, -0.05) is 17.8 Å². The molecule has 1 aromatic carbocycles. The lowest BCUT2D eigenvalue weighted by atomic mass is 9.79. The highest BCUT2D eigenvalue weighted by molar-refractivity contribution is 8.03. The highest BCUT2D eigenvalue weighted by atomic mass is 32.2. The molecule has 1 atom stereocenters. The molecule has 1 aliphatic heterocycles. The number of benzene rings is 1.